The van der Waals surface area contributed by atoms with E-state index in [0.29, 0.717) is 22.4 Å². The molecular weight excluding hydrogens is 270 g/mol. The van der Waals surface area contributed by atoms with E-state index in [0.717, 1.165) is 10.4 Å². The summed E-state index contributed by atoms with van der Waals surface area (Å²) in [5.74, 6) is 0.527. The highest BCUT2D eigenvalue weighted by Crippen LogP contribution is 2.41. The third-order valence-electron chi connectivity index (χ3n) is 2.88. The predicted octanol–water partition coefficient (Wildman–Crippen LogP) is 2.85. The van der Waals surface area contributed by atoms with Crippen LogP contribution >= 0.6 is 22.9 Å². The Labute approximate surface area is 113 Å². The summed E-state index contributed by atoms with van der Waals surface area (Å²) < 4.78 is 0. The normalized spacial score (nSPS) is 18.3. The predicted molar refractivity (Wildman–Crippen MR) is 73.1 cm³/mol. The molecule has 3 N–H and O–H groups in total. The smallest absolute Gasteiger partial charge is 0.226 e. The number of nitrogens with zero attached hydrogens (tertiary/aromatic N) is 1. The average Bonchev–Trinajstić information content (AvgIpc) is 2.68. The highest BCUT2D eigenvalue weighted by molar-refractivity contribution is 7.16. The van der Waals surface area contributed by atoms with Crippen molar-refractivity contribution >= 4 is 39.8 Å². The van der Waals surface area contributed by atoms with Crippen LogP contribution in [0.5, 0.6) is 0 Å². The minimum atomic E-state index is -0.0437. The van der Waals surface area contributed by atoms with Gasteiger partial charge in [0.05, 0.1) is 4.88 Å². The second kappa shape index (κ2) is 4.26. The maximum absolute atomic E-state index is 11.7. The molecule has 0 spiro atoms. The highest BCUT2D eigenvalue weighted by atomic mass is 35.5. The molecule has 0 fully saturated rings. The number of hydrogen-bond donors (Lipinski definition) is 2. The monoisotopic (exact) mass is 279 g/mol. The number of fused-ring (bicyclic) bond motifs is 1. The SMILES string of the molecule is Nc1nc2c(s1)[C@H](c1cccc(Cl)c1)CC(=O)N2. The molecule has 0 saturated carbocycles. The molecule has 1 amide bonds. The summed E-state index contributed by atoms with van der Waals surface area (Å²) in [6, 6.07) is 7.55. The number of halogens is 1. The Morgan fingerprint density at radius 3 is 3.11 bits per heavy atom. The number of amides is 1. The number of hydrogen-bond acceptors (Lipinski definition) is 4. The van der Waals surface area contributed by atoms with Gasteiger partial charge in [-0.15, -0.1) is 0 Å². The third kappa shape index (κ3) is 1.95. The van der Waals surface area contributed by atoms with E-state index in [1.807, 2.05) is 24.3 Å². The summed E-state index contributed by atoms with van der Waals surface area (Å²) in [6.07, 6.45) is 0.398. The molecule has 1 aromatic carbocycles. The van der Waals surface area contributed by atoms with Gasteiger partial charge in [-0.05, 0) is 17.7 Å². The minimum absolute atomic E-state index is 0.0118. The Morgan fingerprint density at radius 1 is 1.50 bits per heavy atom. The van der Waals surface area contributed by atoms with Gasteiger partial charge in [0.15, 0.2) is 5.13 Å². The molecule has 0 radical (unpaired) electrons. The number of nitrogen functional groups attached to an aromatic ring is 1. The lowest BCUT2D eigenvalue weighted by Gasteiger charge is -2.21. The number of benzene rings is 1. The molecule has 0 bridgehead atoms. The van der Waals surface area contributed by atoms with Gasteiger partial charge >= 0.3 is 0 Å². The van der Waals surface area contributed by atoms with Crippen molar-refractivity contribution in [1.82, 2.24) is 4.98 Å². The van der Waals surface area contributed by atoms with Crippen LogP contribution < -0.4 is 11.1 Å². The van der Waals surface area contributed by atoms with Gasteiger partial charge in [0, 0.05) is 17.4 Å². The molecule has 4 nitrogen and oxygen atoms in total. The first-order chi connectivity index (χ1) is 8.63. The van der Waals surface area contributed by atoms with E-state index in [1.165, 1.54) is 11.3 Å². The Hall–Kier alpha value is -1.59. The minimum Gasteiger partial charge on any atom is -0.375 e. The van der Waals surface area contributed by atoms with Crippen molar-refractivity contribution in [3.63, 3.8) is 0 Å². The van der Waals surface area contributed by atoms with Gasteiger partial charge in [0.2, 0.25) is 5.91 Å². The summed E-state index contributed by atoms with van der Waals surface area (Å²) in [5.41, 5.74) is 6.72. The van der Waals surface area contributed by atoms with Crippen LogP contribution in [0.15, 0.2) is 24.3 Å². The highest BCUT2D eigenvalue weighted by Gasteiger charge is 2.29. The largest absolute Gasteiger partial charge is 0.375 e. The summed E-state index contributed by atoms with van der Waals surface area (Å²) in [4.78, 5) is 16.8. The number of carbonyl (C=O) groups excluding carboxylic acids is 1. The second-order valence-electron chi connectivity index (χ2n) is 4.12. The molecule has 1 aliphatic rings. The number of carbonyl (C=O) groups is 1. The molecule has 0 unspecified atom stereocenters. The topological polar surface area (TPSA) is 68.0 Å². The lowest BCUT2D eigenvalue weighted by Crippen LogP contribution is -2.22. The van der Waals surface area contributed by atoms with Crippen molar-refractivity contribution in [2.75, 3.05) is 11.1 Å². The van der Waals surface area contributed by atoms with Crippen LogP contribution in [-0.2, 0) is 4.79 Å². The zero-order valence-electron chi connectivity index (χ0n) is 9.31. The fraction of sp³-hybridized carbons (Fsp3) is 0.167. The van der Waals surface area contributed by atoms with Gasteiger partial charge in [-0.1, -0.05) is 35.1 Å². The number of aromatic nitrogens is 1. The molecule has 2 aromatic rings. The molecule has 0 aliphatic carbocycles. The molecule has 1 aromatic heterocycles. The summed E-state index contributed by atoms with van der Waals surface area (Å²) >= 11 is 7.41. The first-order valence-corrected chi connectivity index (χ1v) is 6.64. The van der Waals surface area contributed by atoms with E-state index in [4.69, 9.17) is 17.3 Å². The zero-order valence-corrected chi connectivity index (χ0v) is 10.9. The van der Waals surface area contributed by atoms with Crippen molar-refractivity contribution in [2.24, 2.45) is 0 Å². The Kier molecular flexibility index (Phi) is 2.72. The summed E-state index contributed by atoms with van der Waals surface area (Å²) in [5, 5.41) is 3.87. The Morgan fingerprint density at radius 2 is 2.33 bits per heavy atom. The van der Waals surface area contributed by atoms with E-state index in [1.54, 1.807) is 0 Å². The maximum Gasteiger partial charge on any atom is 0.226 e. The molecule has 92 valence electrons. The van der Waals surface area contributed by atoms with Crippen molar-refractivity contribution in [3.8, 4) is 0 Å². The van der Waals surface area contributed by atoms with Crippen LogP contribution in [0.2, 0.25) is 5.02 Å². The van der Waals surface area contributed by atoms with E-state index in [-0.39, 0.29) is 11.8 Å². The van der Waals surface area contributed by atoms with E-state index < -0.39 is 0 Å². The average molecular weight is 280 g/mol. The molecular formula is C12H10ClN3OS. The fourth-order valence-electron chi connectivity index (χ4n) is 2.13. The van der Waals surface area contributed by atoms with Crippen molar-refractivity contribution in [3.05, 3.63) is 39.7 Å². The van der Waals surface area contributed by atoms with Gasteiger partial charge < -0.3 is 11.1 Å². The second-order valence-corrected chi connectivity index (χ2v) is 5.62. The van der Waals surface area contributed by atoms with Crippen molar-refractivity contribution in [2.45, 2.75) is 12.3 Å². The quantitative estimate of drug-likeness (QED) is 0.843. The van der Waals surface area contributed by atoms with Gasteiger partial charge in [-0.3, -0.25) is 4.79 Å². The number of nitrogens with one attached hydrogen (secondary N) is 1. The molecule has 6 heteroatoms. The Balaban J connectivity index is 2.09. The maximum atomic E-state index is 11.7. The van der Waals surface area contributed by atoms with Gasteiger partial charge in [0.1, 0.15) is 5.82 Å². The van der Waals surface area contributed by atoms with Gasteiger partial charge in [-0.2, -0.15) is 0 Å². The summed E-state index contributed by atoms with van der Waals surface area (Å²) in [6.45, 7) is 0. The number of nitrogens with two attached hydrogens (primary N) is 1. The summed E-state index contributed by atoms with van der Waals surface area (Å²) in [7, 11) is 0. The van der Waals surface area contributed by atoms with Crippen molar-refractivity contribution in [1.29, 1.82) is 0 Å². The van der Waals surface area contributed by atoms with E-state index in [9.17, 15) is 4.79 Å². The standard InChI is InChI=1S/C12H10ClN3OS/c13-7-3-1-2-6(4-7)8-5-9(17)15-11-10(8)18-12(14)16-11/h1-4,8H,5H2,(H2,14,16)(H,15,17)/t8-/m0/s1. The van der Waals surface area contributed by atoms with Crippen molar-refractivity contribution < 1.29 is 4.79 Å². The van der Waals surface area contributed by atoms with Crippen LogP contribution in [0, 0.1) is 0 Å². The molecule has 18 heavy (non-hydrogen) atoms. The van der Waals surface area contributed by atoms with Crippen LogP contribution in [0.1, 0.15) is 22.8 Å². The van der Waals surface area contributed by atoms with E-state index in [2.05, 4.69) is 10.3 Å². The zero-order chi connectivity index (χ0) is 12.7. The van der Waals surface area contributed by atoms with Crippen LogP contribution in [0.3, 0.4) is 0 Å². The molecule has 1 atom stereocenters. The lowest BCUT2D eigenvalue weighted by atomic mass is 9.92. The lowest BCUT2D eigenvalue weighted by molar-refractivity contribution is -0.116. The molecule has 3 rings (SSSR count). The van der Waals surface area contributed by atoms with Crippen LogP contribution in [-0.4, -0.2) is 10.9 Å². The van der Waals surface area contributed by atoms with E-state index >= 15 is 0 Å². The molecule has 0 saturated heterocycles. The Bertz CT molecular complexity index is 626. The molecule has 2 heterocycles. The fourth-order valence-corrected chi connectivity index (χ4v) is 3.24. The van der Waals surface area contributed by atoms with Crippen LogP contribution in [0.25, 0.3) is 0 Å². The first kappa shape index (κ1) is 11.5. The number of thiazole rings is 1. The van der Waals surface area contributed by atoms with Crippen LogP contribution in [0.4, 0.5) is 10.9 Å². The first-order valence-electron chi connectivity index (χ1n) is 5.45. The number of rotatable bonds is 1. The molecule has 1 aliphatic heterocycles. The van der Waals surface area contributed by atoms with Gasteiger partial charge in [-0.25, -0.2) is 4.98 Å². The van der Waals surface area contributed by atoms with Gasteiger partial charge in [0.25, 0.3) is 0 Å². The number of anilines is 2. The third-order valence-corrected chi connectivity index (χ3v) is 4.12.